The summed E-state index contributed by atoms with van der Waals surface area (Å²) in [4.78, 5) is 5.57. The molecule has 1 unspecified atom stereocenters. The van der Waals surface area contributed by atoms with E-state index in [1.54, 1.807) is 11.3 Å². The summed E-state index contributed by atoms with van der Waals surface area (Å²) >= 11 is 5.05. The van der Waals surface area contributed by atoms with Crippen molar-refractivity contribution in [3.05, 3.63) is 57.2 Å². The van der Waals surface area contributed by atoms with Crippen molar-refractivity contribution in [1.29, 1.82) is 0 Å². The summed E-state index contributed by atoms with van der Waals surface area (Å²) < 4.78 is 6.55. The van der Waals surface area contributed by atoms with E-state index in [-0.39, 0.29) is 6.04 Å². The molecule has 0 bridgehead atoms. The first-order chi connectivity index (χ1) is 10.3. The van der Waals surface area contributed by atoms with Gasteiger partial charge in [0.25, 0.3) is 0 Å². The molecule has 0 saturated carbocycles. The van der Waals surface area contributed by atoms with E-state index in [9.17, 15) is 0 Å². The van der Waals surface area contributed by atoms with Crippen LogP contribution in [0.1, 0.15) is 23.1 Å². The summed E-state index contributed by atoms with van der Waals surface area (Å²) in [5.41, 5.74) is 2.58. The average molecular weight is 362 g/mol. The van der Waals surface area contributed by atoms with Crippen molar-refractivity contribution in [3.8, 4) is 10.7 Å². The summed E-state index contributed by atoms with van der Waals surface area (Å²) in [5.74, 6) is 1.27. The summed E-state index contributed by atoms with van der Waals surface area (Å²) in [6.45, 7) is 0.921. The fourth-order valence-electron chi connectivity index (χ4n) is 2.61. The van der Waals surface area contributed by atoms with Gasteiger partial charge in [-0.25, -0.2) is 0 Å². The van der Waals surface area contributed by atoms with Crippen LogP contribution in [0.25, 0.3) is 10.7 Å². The molecule has 0 radical (unpaired) electrons. The molecular formula is C15H12BrN3OS. The second kappa shape index (κ2) is 5.36. The first kappa shape index (κ1) is 13.2. The predicted octanol–water partition coefficient (Wildman–Crippen LogP) is 3.80. The molecular weight excluding hydrogens is 350 g/mol. The quantitative estimate of drug-likeness (QED) is 0.754. The van der Waals surface area contributed by atoms with Gasteiger partial charge in [-0.15, -0.1) is 11.3 Å². The Labute approximate surface area is 134 Å². The Kier molecular flexibility index (Phi) is 3.37. The zero-order valence-corrected chi connectivity index (χ0v) is 13.4. The molecule has 6 heteroatoms. The smallest absolute Gasteiger partial charge is 0.248 e. The number of nitrogens with zero attached hydrogens (tertiary/aromatic N) is 2. The third kappa shape index (κ3) is 2.43. The molecule has 0 aliphatic carbocycles. The van der Waals surface area contributed by atoms with Crippen molar-refractivity contribution in [2.45, 2.75) is 12.5 Å². The molecule has 1 atom stereocenters. The molecule has 0 fully saturated rings. The predicted molar refractivity (Wildman–Crippen MR) is 85.3 cm³/mol. The Balaban J connectivity index is 1.71. The normalized spacial score (nSPS) is 17.7. The highest BCUT2D eigenvalue weighted by atomic mass is 79.9. The number of hydrogen-bond donors (Lipinski definition) is 1. The van der Waals surface area contributed by atoms with E-state index in [1.807, 2.05) is 18.2 Å². The van der Waals surface area contributed by atoms with E-state index in [0.717, 1.165) is 21.6 Å². The van der Waals surface area contributed by atoms with Crippen LogP contribution in [-0.2, 0) is 6.42 Å². The molecule has 0 spiro atoms. The minimum absolute atomic E-state index is 0.0143. The second-order valence-electron chi connectivity index (χ2n) is 4.90. The second-order valence-corrected chi connectivity index (χ2v) is 7.36. The lowest BCUT2D eigenvalue weighted by Crippen LogP contribution is -2.30. The lowest BCUT2D eigenvalue weighted by molar-refractivity contribution is 0.344. The summed E-state index contributed by atoms with van der Waals surface area (Å²) in [6.07, 6.45) is 1.03. The molecule has 21 heavy (non-hydrogen) atoms. The molecule has 2 aromatic heterocycles. The Morgan fingerprint density at radius 1 is 1.24 bits per heavy atom. The largest absolute Gasteiger partial charge is 0.337 e. The number of fused-ring (bicyclic) bond motifs is 1. The monoisotopic (exact) mass is 361 g/mol. The van der Waals surface area contributed by atoms with Crippen LogP contribution in [0.2, 0.25) is 0 Å². The molecule has 0 saturated heterocycles. The van der Waals surface area contributed by atoms with Gasteiger partial charge in [0.05, 0.1) is 8.66 Å². The van der Waals surface area contributed by atoms with E-state index in [0.29, 0.717) is 11.7 Å². The van der Waals surface area contributed by atoms with Crippen molar-refractivity contribution in [1.82, 2.24) is 15.5 Å². The molecule has 1 aromatic carbocycles. The minimum Gasteiger partial charge on any atom is -0.337 e. The van der Waals surface area contributed by atoms with Crippen LogP contribution < -0.4 is 5.32 Å². The van der Waals surface area contributed by atoms with Gasteiger partial charge in [0.15, 0.2) is 0 Å². The van der Waals surface area contributed by atoms with Gasteiger partial charge in [0.1, 0.15) is 6.04 Å². The van der Waals surface area contributed by atoms with Gasteiger partial charge in [0.2, 0.25) is 11.7 Å². The first-order valence-electron chi connectivity index (χ1n) is 6.72. The van der Waals surface area contributed by atoms with Gasteiger partial charge in [-0.1, -0.05) is 29.4 Å². The zero-order valence-electron chi connectivity index (χ0n) is 11.0. The minimum atomic E-state index is -0.0143. The van der Waals surface area contributed by atoms with Crippen molar-refractivity contribution in [2.24, 2.45) is 0 Å². The first-order valence-corrected chi connectivity index (χ1v) is 8.33. The van der Waals surface area contributed by atoms with Crippen molar-refractivity contribution >= 4 is 27.3 Å². The molecule has 106 valence electrons. The lowest BCUT2D eigenvalue weighted by Gasteiger charge is -2.23. The van der Waals surface area contributed by atoms with Crippen LogP contribution in [0.4, 0.5) is 0 Å². The van der Waals surface area contributed by atoms with Crippen molar-refractivity contribution < 1.29 is 4.52 Å². The molecule has 1 aliphatic rings. The van der Waals surface area contributed by atoms with E-state index in [4.69, 9.17) is 4.52 Å². The van der Waals surface area contributed by atoms with Crippen molar-refractivity contribution in [2.75, 3.05) is 6.54 Å². The highest BCUT2D eigenvalue weighted by Crippen LogP contribution is 2.32. The van der Waals surface area contributed by atoms with Gasteiger partial charge in [-0.2, -0.15) is 4.98 Å². The highest BCUT2D eigenvalue weighted by Gasteiger charge is 2.26. The van der Waals surface area contributed by atoms with Gasteiger partial charge in [-0.3, -0.25) is 0 Å². The molecule has 4 nitrogen and oxygen atoms in total. The van der Waals surface area contributed by atoms with Crippen LogP contribution in [0.5, 0.6) is 0 Å². The fraction of sp³-hybridized carbons (Fsp3) is 0.200. The lowest BCUT2D eigenvalue weighted by atomic mass is 9.94. The molecule has 4 rings (SSSR count). The molecule has 0 amide bonds. The Morgan fingerprint density at radius 3 is 3.00 bits per heavy atom. The topological polar surface area (TPSA) is 51.0 Å². The van der Waals surface area contributed by atoms with Crippen LogP contribution in [0.3, 0.4) is 0 Å². The number of thiophene rings is 1. The molecule has 3 aromatic rings. The number of rotatable bonds is 2. The van der Waals surface area contributed by atoms with Crippen LogP contribution in [-0.4, -0.2) is 16.7 Å². The van der Waals surface area contributed by atoms with Gasteiger partial charge < -0.3 is 9.84 Å². The van der Waals surface area contributed by atoms with Crippen LogP contribution >= 0.6 is 27.3 Å². The van der Waals surface area contributed by atoms with E-state index < -0.39 is 0 Å². The summed E-state index contributed by atoms with van der Waals surface area (Å²) in [5, 5.41) is 7.57. The number of hydrogen-bond acceptors (Lipinski definition) is 5. The Morgan fingerprint density at radius 2 is 2.14 bits per heavy atom. The number of nitrogens with one attached hydrogen (secondary N) is 1. The molecule has 1 N–H and O–H groups in total. The zero-order chi connectivity index (χ0) is 14.2. The van der Waals surface area contributed by atoms with E-state index in [2.05, 4.69) is 49.6 Å². The maximum atomic E-state index is 5.49. The third-order valence-electron chi connectivity index (χ3n) is 3.59. The standard InChI is InChI=1S/C15H12BrN3OS/c16-12-6-5-11(21-12)14-18-15(20-19-14)13-10-4-2-1-3-9(10)7-8-17-13/h1-6,13,17H,7-8H2. The Hall–Kier alpha value is -1.50. The van der Waals surface area contributed by atoms with E-state index >= 15 is 0 Å². The maximum Gasteiger partial charge on any atom is 0.248 e. The molecule has 3 heterocycles. The highest BCUT2D eigenvalue weighted by molar-refractivity contribution is 9.11. The Bertz CT molecular complexity index is 783. The third-order valence-corrected chi connectivity index (χ3v) is 5.21. The maximum absolute atomic E-state index is 5.49. The van der Waals surface area contributed by atoms with Gasteiger partial charge >= 0.3 is 0 Å². The number of aromatic nitrogens is 2. The average Bonchev–Trinajstić information content (AvgIpc) is 3.15. The van der Waals surface area contributed by atoms with Crippen LogP contribution in [0.15, 0.2) is 44.7 Å². The van der Waals surface area contributed by atoms with E-state index in [1.165, 1.54) is 11.1 Å². The summed E-state index contributed by atoms with van der Waals surface area (Å²) in [6, 6.07) is 12.4. The van der Waals surface area contributed by atoms with Gasteiger partial charge in [-0.05, 0) is 45.6 Å². The summed E-state index contributed by atoms with van der Waals surface area (Å²) in [7, 11) is 0. The van der Waals surface area contributed by atoms with Crippen molar-refractivity contribution in [3.63, 3.8) is 0 Å². The number of halogens is 1. The molecule has 1 aliphatic heterocycles. The number of benzene rings is 1. The van der Waals surface area contributed by atoms with Gasteiger partial charge in [0, 0.05) is 6.54 Å². The van der Waals surface area contributed by atoms with Crippen LogP contribution in [0, 0.1) is 0 Å². The fourth-order valence-corrected chi connectivity index (χ4v) is 3.92. The SMILES string of the molecule is Brc1ccc(-c2noc(C3NCCc4ccccc43)n2)s1.